The minimum atomic E-state index is 0.530. The van der Waals surface area contributed by atoms with Crippen LogP contribution in [0.1, 0.15) is 0 Å². The van der Waals surface area contributed by atoms with Crippen molar-refractivity contribution in [2.24, 2.45) is 0 Å². The second-order valence-electron chi connectivity index (χ2n) is 3.35. The summed E-state index contributed by atoms with van der Waals surface area (Å²) in [7, 11) is 1.60. The fourth-order valence-corrected chi connectivity index (χ4v) is 1.89. The highest BCUT2D eigenvalue weighted by Gasteiger charge is 2.04. The van der Waals surface area contributed by atoms with Gasteiger partial charge in [-0.1, -0.05) is 11.6 Å². The molecule has 0 aliphatic heterocycles. The Balaban J connectivity index is 2.21. The minimum Gasteiger partial charge on any atom is -0.497 e. The van der Waals surface area contributed by atoms with E-state index < -0.39 is 0 Å². The summed E-state index contributed by atoms with van der Waals surface area (Å²) in [4.78, 5) is 0. The van der Waals surface area contributed by atoms with Crippen molar-refractivity contribution in [1.82, 2.24) is 0 Å². The first-order valence-electron chi connectivity index (χ1n) is 4.96. The minimum absolute atomic E-state index is 0.530. The van der Waals surface area contributed by atoms with Crippen LogP contribution in [0.2, 0.25) is 5.02 Å². The lowest BCUT2D eigenvalue weighted by atomic mass is 10.3. The molecule has 88 valence electrons. The van der Waals surface area contributed by atoms with E-state index in [9.17, 15) is 0 Å². The third-order valence-electron chi connectivity index (χ3n) is 2.18. The molecule has 2 rings (SSSR count). The number of hydrogen-bond acceptors (Lipinski definition) is 2. The van der Waals surface area contributed by atoms with Crippen molar-refractivity contribution >= 4 is 34.2 Å². The van der Waals surface area contributed by atoms with Crippen LogP contribution in [-0.2, 0) is 0 Å². The van der Waals surface area contributed by atoms with Gasteiger partial charge >= 0.3 is 0 Å². The average molecular weight is 361 g/mol. The quantitative estimate of drug-likeness (QED) is 0.736. The maximum atomic E-state index is 6.08. The lowest BCUT2D eigenvalue weighted by Gasteiger charge is -2.08. The van der Waals surface area contributed by atoms with Gasteiger partial charge in [-0.05, 0) is 59.0 Å². The third-order valence-corrected chi connectivity index (χ3v) is 3.20. The summed E-state index contributed by atoms with van der Waals surface area (Å²) in [6.07, 6.45) is 0. The van der Waals surface area contributed by atoms with Gasteiger partial charge < -0.3 is 9.47 Å². The molecule has 0 unspecified atom stereocenters. The summed E-state index contributed by atoms with van der Waals surface area (Å²) in [5.74, 6) is 2.09. The zero-order chi connectivity index (χ0) is 12.3. The molecule has 0 aliphatic rings. The highest BCUT2D eigenvalue weighted by Crippen LogP contribution is 2.32. The van der Waals surface area contributed by atoms with E-state index in [0.29, 0.717) is 16.5 Å². The standard InChI is InChI=1S/C13H10ClIO2/c1-16-11-6-7-13(12(14)8-11)17-10-4-2-9(15)3-5-10/h2-8H,1H3. The van der Waals surface area contributed by atoms with Crippen LogP contribution in [-0.4, -0.2) is 7.11 Å². The lowest BCUT2D eigenvalue weighted by Crippen LogP contribution is -1.87. The van der Waals surface area contributed by atoms with Gasteiger partial charge in [0.2, 0.25) is 0 Å². The highest BCUT2D eigenvalue weighted by atomic mass is 127. The van der Waals surface area contributed by atoms with E-state index in [2.05, 4.69) is 22.6 Å². The Kier molecular flexibility index (Phi) is 4.12. The summed E-state index contributed by atoms with van der Waals surface area (Å²) in [5, 5.41) is 0.530. The molecule has 2 aromatic carbocycles. The molecule has 0 aliphatic carbocycles. The topological polar surface area (TPSA) is 18.5 Å². The van der Waals surface area contributed by atoms with E-state index in [-0.39, 0.29) is 0 Å². The second kappa shape index (κ2) is 5.60. The highest BCUT2D eigenvalue weighted by molar-refractivity contribution is 14.1. The molecule has 0 fully saturated rings. The Hall–Kier alpha value is -0.940. The number of halogens is 2. The van der Waals surface area contributed by atoms with Crippen LogP contribution in [0.3, 0.4) is 0 Å². The van der Waals surface area contributed by atoms with Crippen molar-refractivity contribution in [3.05, 3.63) is 51.1 Å². The van der Waals surface area contributed by atoms with E-state index in [1.165, 1.54) is 0 Å². The fourth-order valence-electron chi connectivity index (χ4n) is 1.32. The summed E-state index contributed by atoms with van der Waals surface area (Å²) in [6.45, 7) is 0. The molecule has 0 spiro atoms. The molecule has 0 aromatic heterocycles. The van der Waals surface area contributed by atoms with Gasteiger partial charge in [0.15, 0.2) is 0 Å². The monoisotopic (exact) mass is 360 g/mol. The Labute approximate surface area is 119 Å². The number of rotatable bonds is 3. The van der Waals surface area contributed by atoms with Crippen LogP contribution in [0.25, 0.3) is 0 Å². The van der Waals surface area contributed by atoms with Gasteiger partial charge in [0.25, 0.3) is 0 Å². The van der Waals surface area contributed by atoms with Crippen LogP contribution in [0.15, 0.2) is 42.5 Å². The molecular weight excluding hydrogens is 350 g/mol. The van der Waals surface area contributed by atoms with Crippen LogP contribution in [0, 0.1) is 3.57 Å². The first kappa shape index (κ1) is 12.5. The zero-order valence-electron chi connectivity index (χ0n) is 9.11. The Morgan fingerprint density at radius 3 is 2.24 bits per heavy atom. The van der Waals surface area contributed by atoms with Crippen LogP contribution < -0.4 is 9.47 Å². The summed E-state index contributed by atoms with van der Waals surface area (Å²) in [6, 6.07) is 13.1. The van der Waals surface area contributed by atoms with Gasteiger partial charge in [0.1, 0.15) is 17.2 Å². The van der Waals surface area contributed by atoms with Gasteiger partial charge in [-0.25, -0.2) is 0 Å². The molecule has 0 heterocycles. The van der Waals surface area contributed by atoms with Gasteiger partial charge in [0.05, 0.1) is 12.1 Å². The van der Waals surface area contributed by atoms with Crippen molar-refractivity contribution in [2.45, 2.75) is 0 Å². The van der Waals surface area contributed by atoms with Crippen molar-refractivity contribution in [1.29, 1.82) is 0 Å². The lowest BCUT2D eigenvalue weighted by molar-refractivity contribution is 0.413. The predicted octanol–water partition coefficient (Wildman–Crippen LogP) is 4.75. The fraction of sp³-hybridized carbons (Fsp3) is 0.0769. The van der Waals surface area contributed by atoms with Crippen LogP contribution in [0.5, 0.6) is 17.2 Å². The molecule has 4 heteroatoms. The maximum absolute atomic E-state index is 6.08. The number of benzene rings is 2. The first-order valence-corrected chi connectivity index (χ1v) is 6.41. The summed E-state index contributed by atoms with van der Waals surface area (Å²) < 4.78 is 11.9. The molecule has 17 heavy (non-hydrogen) atoms. The smallest absolute Gasteiger partial charge is 0.146 e. The number of methoxy groups -OCH3 is 1. The van der Waals surface area contributed by atoms with Crippen molar-refractivity contribution in [3.63, 3.8) is 0 Å². The summed E-state index contributed by atoms with van der Waals surface area (Å²) >= 11 is 8.33. The molecule has 2 aromatic rings. The molecule has 0 saturated heterocycles. The van der Waals surface area contributed by atoms with Crippen molar-refractivity contribution < 1.29 is 9.47 Å². The van der Waals surface area contributed by atoms with E-state index >= 15 is 0 Å². The van der Waals surface area contributed by atoms with E-state index in [1.54, 1.807) is 19.2 Å². The molecule has 0 bridgehead atoms. The molecule has 0 amide bonds. The average Bonchev–Trinajstić information content (AvgIpc) is 2.34. The zero-order valence-corrected chi connectivity index (χ0v) is 12.0. The normalized spacial score (nSPS) is 10.1. The molecule has 0 N–H and O–H groups in total. The SMILES string of the molecule is COc1ccc(Oc2ccc(I)cc2)c(Cl)c1. The second-order valence-corrected chi connectivity index (χ2v) is 5.01. The van der Waals surface area contributed by atoms with Crippen LogP contribution in [0.4, 0.5) is 0 Å². The van der Waals surface area contributed by atoms with Gasteiger partial charge in [0, 0.05) is 9.64 Å². The van der Waals surface area contributed by atoms with Crippen molar-refractivity contribution in [3.8, 4) is 17.2 Å². The molecular formula is C13H10ClIO2. The first-order chi connectivity index (χ1) is 8.19. The predicted molar refractivity (Wildman–Crippen MR) is 77.2 cm³/mol. The summed E-state index contributed by atoms with van der Waals surface area (Å²) in [5.41, 5.74) is 0. The van der Waals surface area contributed by atoms with Crippen LogP contribution >= 0.6 is 34.2 Å². The third kappa shape index (κ3) is 3.26. The van der Waals surface area contributed by atoms with E-state index in [4.69, 9.17) is 21.1 Å². The largest absolute Gasteiger partial charge is 0.497 e. The Morgan fingerprint density at radius 1 is 1.00 bits per heavy atom. The van der Waals surface area contributed by atoms with Gasteiger partial charge in [-0.15, -0.1) is 0 Å². The Morgan fingerprint density at radius 2 is 1.65 bits per heavy atom. The number of hydrogen-bond donors (Lipinski definition) is 0. The van der Waals surface area contributed by atoms with E-state index in [1.807, 2.05) is 30.3 Å². The maximum Gasteiger partial charge on any atom is 0.146 e. The van der Waals surface area contributed by atoms with E-state index in [0.717, 1.165) is 9.32 Å². The molecule has 2 nitrogen and oxygen atoms in total. The molecule has 0 atom stereocenters. The Bertz CT molecular complexity index is 511. The molecule has 0 saturated carbocycles. The molecule has 0 radical (unpaired) electrons. The van der Waals surface area contributed by atoms with Gasteiger partial charge in [-0.2, -0.15) is 0 Å². The van der Waals surface area contributed by atoms with Crippen molar-refractivity contribution in [2.75, 3.05) is 7.11 Å². The van der Waals surface area contributed by atoms with Gasteiger partial charge in [-0.3, -0.25) is 0 Å². The number of ether oxygens (including phenoxy) is 2.